The Kier molecular flexibility index (Phi) is 5.02. The zero-order valence-electron chi connectivity index (χ0n) is 14.3. The zero-order chi connectivity index (χ0) is 17.1. The number of amides is 1. The first kappa shape index (κ1) is 16.7. The molecule has 2 heterocycles. The maximum absolute atomic E-state index is 12.1. The Morgan fingerprint density at radius 1 is 1.25 bits per heavy atom. The first-order chi connectivity index (χ1) is 11.6. The van der Waals surface area contributed by atoms with Crippen LogP contribution in [0, 0.1) is 0 Å². The Morgan fingerprint density at radius 2 is 2.04 bits per heavy atom. The summed E-state index contributed by atoms with van der Waals surface area (Å²) >= 11 is 1.77. The summed E-state index contributed by atoms with van der Waals surface area (Å²) in [4.78, 5) is 18.5. The van der Waals surface area contributed by atoms with Crippen molar-refractivity contribution in [3.8, 4) is 0 Å². The molecule has 0 aliphatic rings. The molecule has 0 radical (unpaired) electrons. The number of benzene rings is 1. The fraction of sp³-hybridized carbons (Fsp3) is 0.316. The van der Waals surface area contributed by atoms with Crippen LogP contribution in [0.1, 0.15) is 23.3 Å². The molecule has 3 aromatic rings. The van der Waals surface area contributed by atoms with E-state index in [2.05, 4.69) is 52.2 Å². The summed E-state index contributed by atoms with van der Waals surface area (Å²) in [6, 6.07) is 12.6. The predicted molar refractivity (Wildman–Crippen MR) is 99.4 cm³/mol. The van der Waals surface area contributed by atoms with Crippen LogP contribution in [0.5, 0.6) is 0 Å². The van der Waals surface area contributed by atoms with Crippen LogP contribution >= 0.6 is 11.3 Å². The minimum absolute atomic E-state index is 0.0762. The molecule has 0 spiro atoms. The number of hydrogen-bond donors (Lipinski definition) is 2. The molecule has 3 rings (SSSR count). The maximum Gasteiger partial charge on any atom is 0.279 e. The summed E-state index contributed by atoms with van der Waals surface area (Å²) in [6.45, 7) is 2.83. The number of quaternary nitrogens is 1. The number of carbonyl (C=O) groups is 1. The topological polar surface area (TPSA) is 52.7 Å². The van der Waals surface area contributed by atoms with E-state index in [-0.39, 0.29) is 17.9 Å². The van der Waals surface area contributed by atoms with Gasteiger partial charge in [0.1, 0.15) is 0 Å². The van der Waals surface area contributed by atoms with Gasteiger partial charge in [-0.1, -0.05) is 24.3 Å². The van der Waals surface area contributed by atoms with E-state index < -0.39 is 0 Å². The highest BCUT2D eigenvalue weighted by molar-refractivity contribution is 7.10. The number of thiophene rings is 1. The smallest absolute Gasteiger partial charge is 0.279 e. The number of nitrogens with one attached hydrogen (secondary N) is 1. The molecule has 0 aliphatic carbocycles. The number of nitrogens with zero attached hydrogens (tertiary/aromatic N) is 1. The van der Waals surface area contributed by atoms with Crippen LogP contribution in [-0.2, 0) is 4.79 Å². The van der Waals surface area contributed by atoms with Gasteiger partial charge in [0.05, 0.1) is 12.5 Å². The molecule has 0 saturated heterocycles. The average molecular weight is 342 g/mol. The van der Waals surface area contributed by atoms with E-state index in [4.69, 9.17) is 0 Å². The number of likely N-dealkylation sites (N-methyl/N-ethyl adjacent to an activating group) is 1. The molecule has 126 valence electrons. The number of hydrogen-bond acceptors (Lipinski definition) is 2. The fourth-order valence-corrected chi connectivity index (χ4v) is 3.98. The molecule has 0 fully saturated rings. The van der Waals surface area contributed by atoms with Gasteiger partial charge in [0.2, 0.25) is 0 Å². The van der Waals surface area contributed by atoms with E-state index >= 15 is 0 Å². The molecule has 5 heteroatoms. The van der Waals surface area contributed by atoms with Gasteiger partial charge < -0.3 is 15.2 Å². The van der Waals surface area contributed by atoms with E-state index in [1.165, 1.54) is 15.8 Å². The maximum atomic E-state index is 12.1. The summed E-state index contributed by atoms with van der Waals surface area (Å²) in [5.74, 6) is 0.428. The standard InChI is InChI=1S/C19H23N3OS/c1-13(19(23)22(2)3)20-12-16(18-9-6-10-24-18)15-11-21-17-8-5-4-7-14(15)17/h4-11,13,16,20-21H,12H2,1-3H3/p+1/t13-,16-/m1/s1. The lowest BCUT2D eigenvalue weighted by molar-refractivity contribution is -0.675. The summed E-state index contributed by atoms with van der Waals surface area (Å²) in [7, 11) is 3.62. The van der Waals surface area contributed by atoms with Gasteiger partial charge in [-0.15, -0.1) is 11.3 Å². The van der Waals surface area contributed by atoms with Crippen molar-refractivity contribution < 1.29 is 10.1 Å². The molecule has 3 N–H and O–H groups in total. The Balaban J connectivity index is 1.87. The molecule has 2 aromatic heterocycles. The Labute approximate surface area is 146 Å². The van der Waals surface area contributed by atoms with Gasteiger partial charge in [0.15, 0.2) is 6.04 Å². The quantitative estimate of drug-likeness (QED) is 0.710. The van der Waals surface area contributed by atoms with Crippen LogP contribution in [0.25, 0.3) is 10.9 Å². The fourth-order valence-electron chi connectivity index (χ4n) is 3.12. The van der Waals surface area contributed by atoms with E-state index in [9.17, 15) is 4.79 Å². The van der Waals surface area contributed by atoms with Crippen molar-refractivity contribution >= 4 is 28.1 Å². The van der Waals surface area contributed by atoms with E-state index in [0.29, 0.717) is 0 Å². The van der Waals surface area contributed by atoms with Crippen LogP contribution in [0.3, 0.4) is 0 Å². The molecule has 1 amide bonds. The lowest BCUT2D eigenvalue weighted by atomic mass is 9.96. The second kappa shape index (κ2) is 7.20. The summed E-state index contributed by atoms with van der Waals surface area (Å²) in [6.07, 6.45) is 2.11. The van der Waals surface area contributed by atoms with Crippen molar-refractivity contribution in [2.45, 2.75) is 18.9 Å². The highest BCUT2D eigenvalue weighted by Crippen LogP contribution is 2.32. The van der Waals surface area contributed by atoms with Crippen molar-refractivity contribution in [3.05, 3.63) is 58.4 Å². The van der Waals surface area contributed by atoms with Gasteiger partial charge in [-0.05, 0) is 30.0 Å². The molecule has 4 nitrogen and oxygen atoms in total. The van der Waals surface area contributed by atoms with Crippen molar-refractivity contribution in [2.75, 3.05) is 20.6 Å². The monoisotopic (exact) mass is 342 g/mol. The van der Waals surface area contributed by atoms with Gasteiger partial charge >= 0.3 is 0 Å². The lowest BCUT2D eigenvalue weighted by Crippen LogP contribution is -2.92. The Morgan fingerprint density at radius 3 is 2.75 bits per heavy atom. The van der Waals surface area contributed by atoms with E-state index in [0.717, 1.165) is 12.1 Å². The Bertz CT molecular complexity index is 807. The van der Waals surface area contributed by atoms with Crippen LogP contribution in [-0.4, -0.2) is 42.5 Å². The molecule has 2 atom stereocenters. The van der Waals surface area contributed by atoms with Gasteiger partial charge in [-0.2, -0.15) is 0 Å². The van der Waals surface area contributed by atoms with Crippen LogP contribution < -0.4 is 5.32 Å². The minimum atomic E-state index is -0.0762. The first-order valence-corrected chi connectivity index (χ1v) is 9.09. The molecule has 1 aromatic carbocycles. The summed E-state index contributed by atoms with van der Waals surface area (Å²) in [5.41, 5.74) is 2.46. The molecule has 0 bridgehead atoms. The number of aromatic nitrogens is 1. The first-order valence-electron chi connectivity index (χ1n) is 8.22. The summed E-state index contributed by atoms with van der Waals surface area (Å²) in [5, 5.41) is 5.52. The van der Waals surface area contributed by atoms with Gasteiger partial charge in [-0.25, -0.2) is 0 Å². The molecular weight excluding hydrogens is 318 g/mol. The number of para-hydroxylation sites is 1. The van der Waals surface area contributed by atoms with Crippen molar-refractivity contribution in [2.24, 2.45) is 0 Å². The van der Waals surface area contributed by atoms with Crippen LogP contribution in [0.4, 0.5) is 0 Å². The van der Waals surface area contributed by atoms with Gasteiger partial charge in [0.25, 0.3) is 5.91 Å². The SMILES string of the molecule is C[C@@H]([NH2+]C[C@@H](c1cccs1)c1c[nH]c2ccccc12)C(=O)N(C)C. The number of fused-ring (bicyclic) bond motifs is 1. The van der Waals surface area contributed by atoms with E-state index in [1.54, 1.807) is 16.2 Å². The molecular formula is C19H24N3OS+. The highest BCUT2D eigenvalue weighted by atomic mass is 32.1. The average Bonchev–Trinajstić information content (AvgIpc) is 3.24. The van der Waals surface area contributed by atoms with Crippen LogP contribution in [0.2, 0.25) is 0 Å². The highest BCUT2D eigenvalue weighted by Gasteiger charge is 2.24. The largest absolute Gasteiger partial charge is 0.361 e. The van der Waals surface area contributed by atoms with Crippen molar-refractivity contribution in [1.82, 2.24) is 9.88 Å². The lowest BCUT2D eigenvalue weighted by Gasteiger charge is -2.19. The third-order valence-electron chi connectivity index (χ3n) is 4.44. The number of aromatic amines is 1. The van der Waals surface area contributed by atoms with Gasteiger partial charge in [0, 0.05) is 36.1 Å². The number of H-pyrrole nitrogens is 1. The molecule has 0 unspecified atom stereocenters. The summed E-state index contributed by atoms with van der Waals surface area (Å²) < 4.78 is 0. The van der Waals surface area contributed by atoms with Crippen LogP contribution in [0.15, 0.2) is 48.0 Å². The zero-order valence-corrected chi connectivity index (χ0v) is 15.1. The minimum Gasteiger partial charge on any atom is -0.361 e. The number of carbonyl (C=O) groups excluding carboxylic acids is 1. The van der Waals surface area contributed by atoms with E-state index in [1.807, 2.05) is 27.1 Å². The third kappa shape index (κ3) is 3.37. The normalized spacial score (nSPS) is 13.8. The second-order valence-corrected chi connectivity index (χ2v) is 7.33. The predicted octanol–water partition coefficient (Wildman–Crippen LogP) is 2.40. The van der Waals surface area contributed by atoms with Crippen molar-refractivity contribution in [3.63, 3.8) is 0 Å². The number of nitrogens with two attached hydrogens (primary N) is 1. The molecule has 0 saturated carbocycles. The van der Waals surface area contributed by atoms with Gasteiger partial charge in [-0.3, -0.25) is 4.79 Å². The Hall–Kier alpha value is -2.11. The molecule has 0 aliphatic heterocycles. The molecule has 24 heavy (non-hydrogen) atoms. The third-order valence-corrected chi connectivity index (χ3v) is 5.42. The van der Waals surface area contributed by atoms with Crippen molar-refractivity contribution in [1.29, 1.82) is 0 Å². The number of rotatable bonds is 6. The second-order valence-electron chi connectivity index (χ2n) is 6.35.